The molecule has 0 bridgehead atoms. The Bertz CT molecular complexity index is 730. The number of aromatic nitrogens is 1. The summed E-state index contributed by atoms with van der Waals surface area (Å²) >= 11 is 0. The number of primary sulfonamides is 1. The number of carbonyl (C=O) groups is 1. The van der Waals surface area contributed by atoms with Crippen LogP contribution >= 0.6 is 0 Å². The largest absolute Gasteiger partial charge is 0.490 e. The van der Waals surface area contributed by atoms with E-state index in [1.165, 1.54) is 36.7 Å². The molecule has 0 aliphatic rings. The van der Waals surface area contributed by atoms with Crippen molar-refractivity contribution in [3.05, 3.63) is 54.4 Å². The molecule has 22 heavy (non-hydrogen) atoms. The van der Waals surface area contributed by atoms with E-state index < -0.39 is 16.0 Å². The SMILES string of the molecule is NS(=O)(=O)c1ccc(OCCOC(=O)c2ccncc2)cc1. The van der Waals surface area contributed by atoms with Crippen LogP contribution in [0.1, 0.15) is 10.4 Å². The van der Waals surface area contributed by atoms with Gasteiger partial charge in [0.25, 0.3) is 0 Å². The maximum absolute atomic E-state index is 11.6. The van der Waals surface area contributed by atoms with Crippen molar-refractivity contribution in [2.24, 2.45) is 5.14 Å². The van der Waals surface area contributed by atoms with Gasteiger partial charge in [0.15, 0.2) is 0 Å². The zero-order chi connectivity index (χ0) is 16.0. The van der Waals surface area contributed by atoms with Crippen LogP contribution in [0, 0.1) is 0 Å². The number of hydrogen-bond donors (Lipinski definition) is 1. The van der Waals surface area contributed by atoms with E-state index in [9.17, 15) is 13.2 Å². The van der Waals surface area contributed by atoms with E-state index in [2.05, 4.69) is 4.98 Å². The van der Waals surface area contributed by atoms with Crippen LogP contribution in [0.5, 0.6) is 5.75 Å². The Hall–Kier alpha value is -2.45. The molecule has 0 aliphatic heterocycles. The molecular weight excluding hydrogens is 308 g/mol. The average Bonchev–Trinajstić information content (AvgIpc) is 2.52. The van der Waals surface area contributed by atoms with E-state index in [0.717, 1.165) is 0 Å². The second-order valence-corrected chi connectivity index (χ2v) is 5.80. The number of rotatable bonds is 6. The van der Waals surface area contributed by atoms with Crippen molar-refractivity contribution in [1.29, 1.82) is 0 Å². The van der Waals surface area contributed by atoms with Crippen molar-refractivity contribution in [3.63, 3.8) is 0 Å². The minimum Gasteiger partial charge on any atom is -0.490 e. The zero-order valence-electron chi connectivity index (χ0n) is 11.5. The summed E-state index contributed by atoms with van der Waals surface area (Å²) < 4.78 is 32.5. The third-order valence-corrected chi connectivity index (χ3v) is 3.58. The number of pyridine rings is 1. The van der Waals surface area contributed by atoms with Gasteiger partial charge in [-0.05, 0) is 36.4 Å². The van der Waals surface area contributed by atoms with Crippen molar-refractivity contribution in [1.82, 2.24) is 4.98 Å². The highest BCUT2D eigenvalue weighted by molar-refractivity contribution is 7.89. The number of sulfonamides is 1. The third kappa shape index (κ3) is 4.54. The van der Waals surface area contributed by atoms with Gasteiger partial charge < -0.3 is 9.47 Å². The molecule has 116 valence electrons. The summed E-state index contributed by atoms with van der Waals surface area (Å²) in [5.41, 5.74) is 0.410. The van der Waals surface area contributed by atoms with Gasteiger partial charge in [-0.3, -0.25) is 4.98 Å². The van der Waals surface area contributed by atoms with Crippen LogP contribution in [0.3, 0.4) is 0 Å². The first-order valence-electron chi connectivity index (χ1n) is 6.29. The van der Waals surface area contributed by atoms with Crippen LogP contribution in [-0.2, 0) is 14.8 Å². The summed E-state index contributed by atoms with van der Waals surface area (Å²) in [6, 6.07) is 8.74. The van der Waals surface area contributed by atoms with Crippen LogP contribution in [0.25, 0.3) is 0 Å². The van der Waals surface area contributed by atoms with Gasteiger partial charge in [-0.1, -0.05) is 0 Å². The normalized spacial score (nSPS) is 11.0. The summed E-state index contributed by atoms with van der Waals surface area (Å²) in [5, 5.41) is 4.99. The Kier molecular flexibility index (Phi) is 5.08. The second kappa shape index (κ2) is 7.01. The number of nitrogens with two attached hydrogens (primary N) is 1. The molecule has 1 aromatic heterocycles. The standard InChI is InChI=1S/C14H14N2O5S/c15-22(18,19)13-3-1-12(2-4-13)20-9-10-21-14(17)11-5-7-16-8-6-11/h1-8H,9-10H2,(H2,15,18,19). The molecule has 2 aromatic rings. The van der Waals surface area contributed by atoms with Crippen LogP contribution in [0.15, 0.2) is 53.7 Å². The number of ether oxygens (including phenoxy) is 2. The highest BCUT2D eigenvalue weighted by Crippen LogP contribution is 2.14. The van der Waals surface area contributed by atoms with Gasteiger partial charge in [0.2, 0.25) is 10.0 Å². The van der Waals surface area contributed by atoms with Gasteiger partial charge in [-0.25, -0.2) is 18.4 Å². The molecular formula is C14H14N2O5S. The van der Waals surface area contributed by atoms with Crippen molar-refractivity contribution < 1.29 is 22.7 Å². The molecule has 0 radical (unpaired) electrons. The fraction of sp³-hybridized carbons (Fsp3) is 0.143. The summed E-state index contributed by atoms with van der Waals surface area (Å²) in [6.45, 7) is 0.212. The lowest BCUT2D eigenvalue weighted by Crippen LogP contribution is -2.13. The van der Waals surface area contributed by atoms with Gasteiger partial charge in [-0.15, -0.1) is 0 Å². The lowest BCUT2D eigenvalue weighted by molar-refractivity contribution is 0.0450. The fourth-order valence-corrected chi connectivity index (χ4v) is 2.11. The summed E-state index contributed by atoms with van der Waals surface area (Å²) in [5.74, 6) is -0.0112. The monoisotopic (exact) mass is 322 g/mol. The predicted molar refractivity (Wildman–Crippen MR) is 77.8 cm³/mol. The van der Waals surface area contributed by atoms with Gasteiger partial charge in [0.05, 0.1) is 10.5 Å². The number of benzene rings is 1. The molecule has 0 aliphatic carbocycles. The van der Waals surface area contributed by atoms with Crippen LogP contribution in [0.2, 0.25) is 0 Å². The Morgan fingerprint density at radius 1 is 1.05 bits per heavy atom. The molecule has 0 saturated carbocycles. The molecule has 2 rings (SSSR count). The maximum Gasteiger partial charge on any atom is 0.338 e. The lowest BCUT2D eigenvalue weighted by Gasteiger charge is -2.07. The van der Waals surface area contributed by atoms with E-state index in [4.69, 9.17) is 14.6 Å². The van der Waals surface area contributed by atoms with Gasteiger partial charge in [-0.2, -0.15) is 0 Å². The summed E-state index contributed by atoms with van der Waals surface area (Å²) in [6.07, 6.45) is 3.00. The Morgan fingerprint density at radius 2 is 1.68 bits per heavy atom. The number of esters is 1. The van der Waals surface area contributed by atoms with E-state index in [0.29, 0.717) is 11.3 Å². The van der Waals surface area contributed by atoms with Crippen LogP contribution in [-0.4, -0.2) is 32.6 Å². The van der Waals surface area contributed by atoms with Crippen molar-refractivity contribution in [3.8, 4) is 5.75 Å². The van der Waals surface area contributed by atoms with Gasteiger partial charge in [0.1, 0.15) is 19.0 Å². The topological polar surface area (TPSA) is 109 Å². The lowest BCUT2D eigenvalue weighted by atomic mass is 10.3. The Morgan fingerprint density at radius 3 is 2.27 bits per heavy atom. The van der Waals surface area contributed by atoms with Crippen molar-refractivity contribution >= 4 is 16.0 Å². The molecule has 0 spiro atoms. The first kappa shape index (κ1) is 15.9. The van der Waals surface area contributed by atoms with Crippen LogP contribution in [0.4, 0.5) is 0 Å². The van der Waals surface area contributed by atoms with Crippen molar-refractivity contribution in [2.45, 2.75) is 4.90 Å². The highest BCUT2D eigenvalue weighted by atomic mass is 32.2. The Balaban J connectivity index is 1.78. The van der Waals surface area contributed by atoms with E-state index >= 15 is 0 Å². The first-order chi connectivity index (χ1) is 10.5. The quantitative estimate of drug-likeness (QED) is 0.627. The minimum absolute atomic E-state index is 0.00367. The molecule has 8 heteroatoms. The zero-order valence-corrected chi connectivity index (χ0v) is 12.3. The van der Waals surface area contributed by atoms with Crippen molar-refractivity contribution in [2.75, 3.05) is 13.2 Å². The maximum atomic E-state index is 11.6. The molecule has 0 atom stereocenters. The molecule has 7 nitrogen and oxygen atoms in total. The molecule has 1 heterocycles. The number of hydrogen-bond acceptors (Lipinski definition) is 6. The number of carbonyl (C=O) groups excluding carboxylic acids is 1. The fourth-order valence-electron chi connectivity index (χ4n) is 1.59. The van der Waals surface area contributed by atoms with E-state index in [1.807, 2.05) is 0 Å². The Labute approximate surface area is 127 Å². The molecule has 2 N–H and O–H groups in total. The molecule has 0 saturated heterocycles. The first-order valence-corrected chi connectivity index (χ1v) is 7.84. The van der Waals surface area contributed by atoms with Gasteiger partial charge in [0, 0.05) is 12.4 Å². The third-order valence-electron chi connectivity index (χ3n) is 2.65. The summed E-state index contributed by atoms with van der Waals surface area (Å²) in [4.78, 5) is 15.4. The van der Waals surface area contributed by atoms with Crippen LogP contribution < -0.4 is 9.88 Å². The van der Waals surface area contributed by atoms with E-state index in [-0.39, 0.29) is 18.1 Å². The second-order valence-electron chi connectivity index (χ2n) is 4.24. The molecule has 0 unspecified atom stereocenters. The molecule has 0 amide bonds. The number of nitrogens with zero attached hydrogens (tertiary/aromatic N) is 1. The van der Waals surface area contributed by atoms with E-state index in [1.54, 1.807) is 12.1 Å². The summed E-state index contributed by atoms with van der Waals surface area (Å²) in [7, 11) is -3.72. The average molecular weight is 322 g/mol. The molecule has 0 fully saturated rings. The van der Waals surface area contributed by atoms with Gasteiger partial charge >= 0.3 is 5.97 Å². The highest BCUT2D eigenvalue weighted by Gasteiger charge is 2.08. The predicted octanol–water partition coefficient (Wildman–Crippen LogP) is 0.965. The minimum atomic E-state index is -3.72. The molecule has 1 aromatic carbocycles. The smallest absolute Gasteiger partial charge is 0.338 e.